The summed E-state index contributed by atoms with van der Waals surface area (Å²) in [6.07, 6.45) is 0. The fraction of sp³-hybridized carbons (Fsp3) is 0.100. The van der Waals surface area contributed by atoms with E-state index in [9.17, 15) is 0 Å². The molecule has 0 saturated carbocycles. The van der Waals surface area contributed by atoms with Gasteiger partial charge < -0.3 is 10.2 Å². The summed E-state index contributed by atoms with van der Waals surface area (Å²) in [6, 6.07) is 49.1. The van der Waals surface area contributed by atoms with Crippen LogP contribution in [0.2, 0.25) is 0 Å². The zero-order valence-electron chi connectivity index (χ0n) is 24.1. The Morgan fingerprint density at radius 1 is 0.605 bits per heavy atom. The Morgan fingerprint density at radius 2 is 1.26 bits per heavy atom. The molecule has 3 heteroatoms. The predicted octanol–water partition coefficient (Wildman–Crippen LogP) is 11.3. The van der Waals surface area contributed by atoms with Crippen molar-refractivity contribution in [3.8, 4) is 11.1 Å². The molecule has 2 nitrogen and oxygen atoms in total. The van der Waals surface area contributed by atoms with E-state index in [1.807, 2.05) is 11.3 Å². The molecule has 1 unspecified atom stereocenters. The van der Waals surface area contributed by atoms with Crippen molar-refractivity contribution in [3.63, 3.8) is 0 Å². The highest BCUT2D eigenvalue weighted by atomic mass is 32.1. The molecule has 1 aromatic heterocycles. The first-order valence-electron chi connectivity index (χ1n) is 15.0. The van der Waals surface area contributed by atoms with E-state index in [0.717, 1.165) is 0 Å². The minimum absolute atomic E-state index is 0.0274. The maximum Gasteiger partial charge on any atom is 0.0774 e. The fourth-order valence-corrected chi connectivity index (χ4v) is 8.62. The van der Waals surface area contributed by atoms with Gasteiger partial charge in [-0.05, 0) is 58.1 Å². The zero-order chi connectivity index (χ0) is 28.7. The fourth-order valence-electron chi connectivity index (χ4n) is 7.51. The first kappa shape index (κ1) is 24.7. The molecule has 1 atom stereocenters. The van der Waals surface area contributed by atoms with Crippen LogP contribution in [0.25, 0.3) is 31.3 Å². The largest absolute Gasteiger partial charge is 0.372 e. The van der Waals surface area contributed by atoms with E-state index in [0.29, 0.717) is 0 Å². The number of anilines is 4. The van der Waals surface area contributed by atoms with Crippen molar-refractivity contribution in [1.29, 1.82) is 0 Å². The molecule has 0 saturated heterocycles. The van der Waals surface area contributed by atoms with E-state index >= 15 is 0 Å². The number of nitrogens with one attached hydrogen (secondary N) is 1. The minimum atomic E-state index is -0.104. The van der Waals surface area contributed by atoms with E-state index < -0.39 is 0 Å². The highest BCUT2D eigenvalue weighted by molar-refractivity contribution is 7.26. The lowest BCUT2D eigenvalue weighted by Gasteiger charge is -2.43. The SMILES string of the molecule is CC1(C)c2ccccc2N(c2cccc3c2NC(c2ccccc2)c2ccc4sc5ccccc5c4c2-3)c2ccccc21. The standard InChI is InChI=1S/C40H30N2S/c1-40(2)29-17-7-9-19-31(29)42(32-20-10-8-18-30(32)40)33-21-12-16-27-36-28(38(41-39(27)33)25-13-4-3-5-14-25)23-24-35-37(36)26-15-6-11-22-34(26)43-35/h3-24,38,41H,1-2H3. The number of rotatable bonds is 2. The van der Waals surface area contributed by atoms with Crippen molar-refractivity contribution in [2.45, 2.75) is 25.3 Å². The van der Waals surface area contributed by atoms with Gasteiger partial charge in [-0.15, -0.1) is 11.3 Å². The summed E-state index contributed by atoms with van der Waals surface area (Å²) in [4.78, 5) is 2.49. The van der Waals surface area contributed by atoms with Crippen LogP contribution in [0.4, 0.5) is 22.7 Å². The Morgan fingerprint density at radius 3 is 2.02 bits per heavy atom. The molecule has 43 heavy (non-hydrogen) atoms. The molecule has 0 amide bonds. The van der Waals surface area contributed by atoms with Crippen molar-refractivity contribution in [3.05, 3.63) is 156 Å². The molecule has 0 radical (unpaired) electrons. The third-order valence-corrected chi connectivity index (χ3v) is 10.6. The van der Waals surface area contributed by atoms with Gasteiger partial charge in [0.25, 0.3) is 0 Å². The molecule has 0 bridgehead atoms. The van der Waals surface area contributed by atoms with Gasteiger partial charge in [-0.3, -0.25) is 0 Å². The summed E-state index contributed by atoms with van der Waals surface area (Å²) in [5.41, 5.74) is 12.6. The molecule has 9 rings (SSSR count). The van der Waals surface area contributed by atoms with Gasteiger partial charge in [0.1, 0.15) is 0 Å². The summed E-state index contributed by atoms with van der Waals surface area (Å²) in [5, 5.41) is 6.78. The van der Waals surface area contributed by atoms with E-state index in [4.69, 9.17) is 0 Å². The van der Waals surface area contributed by atoms with Crippen LogP contribution in [-0.2, 0) is 5.41 Å². The maximum atomic E-state index is 4.08. The highest BCUT2D eigenvalue weighted by Crippen LogP contribution is 2.57. The lowest BCUT2D eigenvalue weighted by Crippen LogP contribution is -2.31. The molecule has 0 aliphatic carbocycles. The van der Waals surface area contributed by atoms with Crippen LogP contribution in [0.1, 0.15) is 42.1 Å². The molecule has 6 aromatic carbocycles. The van der Waals surface area contributed by atoms with Crippen LogP contribution in [0.3, 0.4) is 0 Å². The second-order valence-corrected chi connectivity index (χ2v) is 13.3. The molecule has 3 heterocycles. The van der Waals surface area contributed by atoms with Crippen LogP contribution in [0, 0.1) is 0 Å². The molecule has 1 N–H and O–H groups in total. The second-order valence-electron chi connectivity index (χ2n) is 12.2. The Hall–Kier alpha value is -4.86. The van der Waals surface area contributed by atoms with Crippen molar-refractivity contribution >= 4 is 54.3 Å². The van der Waals surface area contributed by atoms with Gasteiger partial charge in [-0.25, -0.2) is 0 Å². The zero-order valence-corrected chi connectivity index (χ0v) is 25.0. The number of nitrogens with zero attached hydrogens (tertiary/aromatic N) is 1. The van der Waals surface area contributed by atoms with Crippen LogP contribution in [-0.4, -0.2) is 0 Å². The molecular weight excluding hydrogens is 541 g/mol. The van der Waals surface area contributed by atoms with Gasteiger partial charge >= 0.3 is 0 Å². The third-order valence-electron chi connectivity index (χ3n) is 9.50. The summed E-state index contributed by atoms with van der Waals surface area (Å²) in [6.45, 7) is 4.70. The van der Waals surface area contributed by atoms with E-state index in [1.54, 1.807) is 0 Å². The van der Waals surface area contributed by atoms with Crippen LogP contribution >= 0.6 is 11.3 Å². The smallest absolute Gasteiger partial charge is 0.0774 e. The quantitative estimate of drug-likeness (QED) is 0.222. The number of thiophene rings is 1. The summed E-state index contributed by atoms with van der Waals surface area (Å²) in [5.74, 6) is 0. The Kier molecular flexibility index (Phi) is 5.21. The van der Waals surface area contributed by atoms with Gasteiger partial charge in [-0.1, -0.05) is 117 Å². The van der Waals surface area contributed by atoms with Crippen molar-refractivity contribution in [2.24, 2.45) is 0 Å². The normalized spacial score (nSPS) is 16.2. The monoisotopic (exact) mass is 570 g/mol. The molecule has 0 fully saturated rings. The number of benzene rings is 6. The van der Waals surface area contributed by atoms with Crippen molar-refractivity contribution in [2.75, 3.05) is 10.2 Å². The summed E-state index contributed by atoms with van der Waals surface area (Å²) >= 11 is 1.89. The first-order valence-corrected chi connectivity index (χ1v) is 15.8. The molecular formula is C40H30N2S. The second kappa shape index (κ2) is 9.07. The minimum Gasteiger partial charge on any atom is -0.372 e. The van der Waals surface area contributed by atoms with Gasteiger partial charge in [-0.2, -0.15) is 0 Å². The van der Waals surface area contributed by atoms with Crippen LogP contribution < -0.4 is 10.2 Å². The van der Waals surface area contributed by atoms with Crippen molar-refractivity contribution in [1.82, 2.24) is 0 Å². The van der Waals surface area contributed by atoms with Gasteiger partial charge in [0.05, 0.1) is 28.8 Å². The molecule has 7 aromatic rings. The van der Waals surface area contributed by atoms with Crippen LogP contribution in [0.15, 0.2) is 133 Å². The van der Waals surface area contributed by atoms with Gasteiger partial charge in [0.2, 0.25) is 0 Å². The highest BCUT2D eigenvalue weighted by Gasteiger charge is 2.38. The summed E-state index contributed by atoms with van der Waals surface area (Å²) in [7, 11) is 0. The van der Waals surface area contributed by atoms with E-state index in [2.05, 4.69) is 158 Å². The average Bonchev–Trinajstić information content (AvgIpc) is 3.44. The van der Waals surface area contributed by atoms with Crippen molar-refractivity contribution < 1.29 is 0 Å². The predicted molar refractivity (Wildman–Crippen MR) is 183 cm³/mol. The summed E-state index contributed by atoms with van der Waals surface area (Å²) < 4.78 is 2.67. The Bertz CT molecular complexity index is 2160. The molecule has 2 aliphatic heterocycles. The van der Waals surface area contributed by atoms with E-state index in [1.165, 1.54) is 76.3 Å². The number of hydrogen-bond donors (Lipinski definition) is 1. The Labute approximate surface area is 255 Å². The van der Waals surface area contributed by atoms with E-state index in [-0.39, 0.29) is 11.5 Å². The van der Waals surface area contributed by atoms with Gasteiger partial charge in [0, 0.05) is 31.2 Å². The first-order chi connectivity index (χ1) is 21.1. The van der Waals surface area contributed by atoms with Crippen LogP contribution in [0.5, 0.6) is 0 Å². The number of fused-ring (bicyclic) bond motifs is 9. The number of hydrogen-bond acceptors (Lipinski definition) is 3. The molecule has 0 spiro atoms. The number of para-hydroxylation sites is 3. The molecule has 206 valence electrons. The lowest BCUT2D eigenvalue weighted by atomic mass is 9.73. The van der Waals surface area contributed by atoms with Gasteiger partial charge in [0.15, 0.2) is 0 Å². The Balaban J connectivity index is 1.38. The average molecular weight is 571 g/mol. The topological polar surface area (TPSA) is 15.3 Å². The lowest BCUT2D eigenvalue weighted by molar-refractivity contribution is 0.632. The third kappa shape index (κ3) is 3.46. The maximum absolute atomic E-state index is 4.08. The molecule has 2 aliphatic rings.